The maximum atomic E-state index is 11.1. The number of aromatic carboxylic acids is 1. The first-order valence-corrected chi connectivity index (χ1v) is 6.69. The predicted molar refractivity (Wildman–Crippen MR) is 73.8 cm³/mol. The van der Waals surface area contributed by atoms with E-state index in [-0.39, 0.29) is 12.1 Å². The lowest BCUT2D eigenvalue weighted by Gasteiger charge is -2.07. The van der Waals surface area contributed by atoms with E-state index >= 15 is 0 Å². The van der Waals surface area contributed by atoms with E-state index in [1.165, 1.54) is 0 Å². The lowest BCUT2D eigenvalue weighted by atomic mass is 10.1. The molecular weight excluding hydrogens is 272 g/mol. The first-order valence-electron chi connectivity index (χ1n) is 6.69. The Morgan fingerprint density at radius 3 is 2.38 bits per heavy atom. The van der Waals surface area contributed by atoms with Gasteiger partial charge in [0.05, 0.1) is 12.1 Å². The van der Waals surface area contributed by atoms with Gasteiger partial charge in [-0.2, -0.15) is 5.10 Å². The Kier molecular flexibility index (Phi) is 3.21. The number of aromatic nitrogens is 2. The molecule has 2 N–H and O–H groups in total. The zero-order chi connectivity index (χ0) is 15.0. The zero-order valence-corrected chi connectivity index (χ0v) is 11.2. The highest BCUT2D eigenvalue weighted by Gasteiger charge is 2.29. The van der Waals surface area contributed by atoms with E-state index in [0.717, 1.165) is 24.2 Å². The standard InChI is InChI=1S/C15H14N2O4/c18-14(19)7-9-1-5-11(6-2-9)17-13(10-3-4-10)8-12(16-17)15(20)21/h1-2,5-6,8,10H,3-4,7H2,(H,18,19)(H,20,21). The summed E-state index contributed by atoms with van der Waals surface area (Å²) in [7, 11) is 0. The van der Waals surface area contributed by atoms with Gasteiger partial charge in [-0.1, -0.05) is 12.1 Å². The number of hydrogen-bond acceptors (Lipinski definition) is 3. The van der Waals surface area contributed by atoms with Crippen LogP contribution in [0.1, 0.15) is 40.5 Å². The summed E-state index contributed by atoms with van der Waals surface area (Å²) >= 11 is 0. The van der Waals surface area contributed by atoms with E-state index in [2.05, 4.69) is 5.10 Å². The van der Waals surface area contributed by atoms with Crippen LogP contribution in [0.25, 0.3) is 5.69 Å². The SMILES string of the molecule is O=C(O)Cc1ccc(-n2nc(C(=O)O)cc2C2CC2)cc1. The fraction of sp³-hybridized carbons (Fsp3) is 0.267. The largest absolute Gasteiger partial charge is 0.481 e. The van der Waals surface area contributed by atoms with Gasteiger partial charge in [-0.05, 0) is 36.6 Å². The Balaban J connectivity index is 1.95. The van der Waals surface area contributed by atoms with Gasteiger partial charge < -0.3 is 10.2 Å². The molecule has 0 saturated heterocycles. The topological polar surface area (TPSA) is 92.4 Å². The van der Waals surface area contributed by atoms with Crippen LogP contribution in [0.4, 0.5) is 0 Å². The fourth-order valence-corrected chi connectivity index (χ4v) is 2.31. The van der Waals surface area contributed by atoms with E-state index in [4.69, 9.17) is 10.2 Å². The summed E-state index contributed by atoms with van der Waals surface area (Å²) in [6, 6.07) is 8.60. The third-order valence-corrected chi connectivity index (χ3v) is 3.49. The maximum absolute atomic E-state index is 11.1. The smallest absolute Gasteiger partial charge is 0.356 e. The molecule has 6 heteroatoms. The minimum absolute atomic E-state index is 0.0325. The molecule has 1 aliphatic rings. The van der Waals surface area contributed by atoms with Crippen molar-refractivity contribution in [3.63, 3.8) is 0 Å². The quantitative estimate of drug-likeness (QED) is 0.877. The summed E-state index contributed by atoms with van der Waals surface area (Å²) in [4.78, 5) is 21.7. The summed E-state index contributed by atoms with van der Waals surface area (Å²) in [5, 5.41) is 22.0. The molecule has 108 valence electrons. The highest BCUT2D eigenvalue weighted by atomic mass is 16.4. The van der Waals surface area contributed by atoms with Gasteiger partial charge in [-0.15, -0.1) is 0 Å². The van der Waals surface area contributed by atoms with E-state index in [1.54, 1.807) is 35.0 Å². The first kappa shape index (κ1) is 13.4. The molecule has 1 aromatic carbocycles. The maximum Gasteiger partial charge on any atom is 0.356 e. The van der Waals surface area contributed by atoms with Gasteiger partial charge in [-0.3, -0.25) is 4.79 Å². The second-order valence-electron chi connectivity index (χ2n) is 5.18. The van der Waals surface area contributed by atoms with Crippen LogP contribution < -0.4 is 0 Å². The summed E-state index contributed by atoms with van der Waals surface area (Å²) in [6.45, 7) is 0. The van der Waals surface area contributed by atoms with Crippen LogP contribution in [-0.2, 0) is 11.2 Å². The minimum Gasteiger partial charge on any atom is -0.481 e. The Morgan fingerprint density at radius 2 is 1.86 bits per heavy atom. The molecular formula is C15H14N2O4. The lowest BCUT2D eigenvalue weighted by Crippen LogP contribution is -2.04. The molecule has 1 aromatic heterocycles. The van der Waals surface area contributed by atoms with Gasteiger partial charge in [0.25, 0.3) is 0 Å². The van der Waals surface area contributed by atoms with Gasteiger partial charge >= 0.3 is 11.9 Å². The van der Waals surface area contributed by atoms with Crippen molar-refractivity contribution >= 4 is 11.9 Å². The summed E-state index contributed by atoms with van der Waals surface area (Å²) in [5.41, 5.74) is 2.38. The molecule has 3 rings (SSSR count). The molecule has 0 amide bonds. The second-order valence-corrected chi connectivity index (χ2v) is 5.18. The van der Waals surface area contributed by atoms with Crippen molar-refractivity contribution in [3.8, 4) is 5.69 Å². The third kappa shape index (κ3) is 2.79. The normalized spacial score (nSPS) is 14.1. The molecule has 0 atom stereocenters. The van der Waals surface area contributed by atoms with E-state index < -0.39 is 11.9 Å². The number of hydrogen-bond donors (Lipinski definition) is 2. The Morgan fingerprint density at radius 1 is 1.19 bits per heavy atom. The van der Waals surface area contributed by atoms with E-state index in [1.807, 2.05) is 0 Å². The van der Waals surface area contributed by atoms with Crippen molar-refractivity contribution in [1.82, 2.24) is 9.78 Å². The molecule has 21 heavy (non-hydrogen) atoms. The molecule has 0 unspecified atom stereocenters. The van der Waals surface area contributed by atoms with Crippen molar-refractivity contribution in [2.24, 2.45) is 0 Å². The molecule has 1 fully saturated rings. The lowest BCUT2D eigenvalue weighted by molar-refractivity contribution is -0.136. The fourth-order valence-electron chi connectivity index (χ4n) is 2.31. The number of carboxylic acid groups (broad SMARTS) is 2. The molecule has 1 aliphatic carbocycles. The molecule has 6 nitrogen and oxygen atoms in total. The van der Waals surface area contributed by atoms with Gasteiger partial charge in [0.1, 0.15) is 0 Å². The van der Waals surface area contributed by atoms with Crippen LogP contribution in [0.3, 0.4) is 0 Å². The zero-order valence-electron chi connectivity index (χ0n) is 11.2. The van der Waals surface area contributed by atoms with Crippen LogP contribution in [0.2, 0.25) is 0 Å². The van der Waals surface area contributed by atoms with Crippen LogP contribution in [0, 0.1) is 0 Å². The molecule has 0 spiro atoms. The van der Waals surface area contributed by atoms with Crippen molar-refractivity contribution in [3.05, 3.63) is 47.3 Å². The molecule has 0 bridgehead atoms. The number of benzene rings is 1. The third-order valence-electron chi connectivity index (χ3n) is 3.49. The highest BCUT2D eigenvalue weighted by Crippen LogP contribution is 2.41. The highest BCUT2D eigenvalue weighted by molar-refractivity contribution is 5.85. The van der Waals surface area contributed by atoms with Crippen LogP contribution in [-0.4, -0.2) is 31.9 Å². The number of nitrogens with zero attached hydrogens (tertiary/aromatic N) is 2. The summed E-state index contributed by atoms with van der Waals surface area (Å²) < 4.78 is 1.64. The molecule has 0 aliphatic heterocycles. The average molecular weight is 286 g/mol. The summed E-state index contributed by atoms with van der Waals surface area (Å²) in [5.74, 6) is -1.56. The number of rotatable bonds is 5. The monoisotopic (exact) mass is 286 g/mol. The Hall–Kier alpha value is -2.63. The van der Waals surface area contributed by atoms with Gasteiger partial charge in [0.15, 0.2) is 5.69 Å². The van der Waals surface area contributed by atoms with Crippen LogP contribution in [0.15, 0.2) is 30.3 Å². The first-order chi connectivity index (χ1) is 10.0. The summed E-state index contributed by atoms with van der Waals surface area (Å²) in [6.07, 6.45) is 2.05. The Bertz CT molecular complexity index is 699. The molecule has 2 aromatic rings. The van der Waals surface area contributed by atoms with Crippen molar-refractivity contribution in [2.75, 3.05) is 0 Å². The van der Waals surface area contributed by atoms with E-state index in [0.29, 0.717) is 11.5 Å². The molecule has 1 saturated carbocycles. The van der Waals surface area contributed by atoms with Gasteiger partial charge in [-0.25, -0.2) is 9.48 Å². The average Bonchev–Trinajstić information content (AvgIpc) is 3.18. The molecule has 0 radical (unpaired) electrons. The Labute approximate surface area is 120 Å². The number of carbonyl (C=O) groups is 2. The van der Waals surface area contributed by atoms with Gasteiger partial charge in [0, 0.05) is 11.6 Å². The van der Waals surface area contributed by atoms with Crippen molar-refractivity contribution in [2.45, 2.75) is 25.2 Å². The number of carboxylic acids is 2. The molecule has 1 heterocycles. The minimum atomic E-state index is -1.04. The van der Waals surface area contributed by atoms with E-state index in [9.17, 15) is 9.59 Å². The van der Waals surface area contributed by atoms with Crippen molar-refractivity contribution in [1.29, 1.82) is 0 Å². The predicted octanol–water partition coefficient (Wildman–Crippen LogP) is 2.08. The van der Waals surface area contributed by atoms with Gasteiger partial charge in [0.2, 0.25) is 0 Å². The van der Waals surface area contributed by atoms with Crippen LogP contribution >= 0.6 is 0 Å². The van der Waals surface area contributed by atoms with Crippen LogP contribution in [0.5, 0.6) is 0 Å². The second kappa shape index (κ2) is 5.05. The van der Waals surface area contributed by atoms with Crippen molar-refractivity contribution < 1.29 is 19.8 Å². The number of aliphatic carboxylic acids is 1.